The zero-order chi connectivity index (χ0) is 18.0. The van der Waals surface area contributed by atoms with Crippen LogP contribution in [0.15, 0.2) is 12.4 Å². The van der Waals surface area contributed by atoms with Crippen molar-refractivity contribution in [2.45, 2.75) is 40.0 Å². The SMILES string of the molecule is CC(C)(C)C(=O)N1CCC(Cc2nccnc2N2CCOC2=O)CC1. The van der Waals surface area contributed by atoms with Crippen LogP contribution in [0.2, 0.25) is 0 Å². The van der Waals surface area contributed by atoms with Crippen LogP contribution in [0.1, 0.15) is 39.3 Å². The van der Waals surface area contributed by atoms with Crippen molar-refractivity contribution in [3.63, 3.8) is 0 Å². The van der Waals surface area contributed by atoms with E-state index in [4.69, 9.17) is 4.74 Å². The number of likely N-dealkylation sites (tertiary alicyclic amines) is 1. The number of piperidine rings is 1. The van der Waals surface area contributed by atoms with Crippen LogP contribution in [0.5, 0.6) is 0 Å². The second kappa shape index (κ2) is 6.98. The van der Waals surface area contributed by atoms with Crippen molar-refractivity contribution in [1.82, 2.24) is 14.9 Å². The Bertz CT molecular complexity index is 648. The highest BCUT2D eigenvalue weighted by Crippen LogP contribution is 2.28. The quantitative estimate of drug-likeness (QED) is 0.839. The normalized spacial score (nSPS) is 19.2. The van der Waals surface area contributed by atoms with E-state index < -0.39 is 0 Å². The minimum Gasteiger partial charge on any atom is -0.447 e. The van der Waals surface area contributed by atoms with E-state index in [0.717, 1.165) is 38.0 Å². The summed E-state index contributed by atoms with van der Waals surface area (Å²) in [5, 5.41) is 0. The molecule has 0 atom stereocenters. The molecule has 0 radical (unpaired) electrons. The molecule has 0 aromatic carbocycles. The lowest BCUT2D eigenvalue weighted by atomic mass is 9.89. The van der Waals surface area contributed by atoms with Crippen LogP contribution in [0.25, 0.3) is 0 Å². The summed E-state index contributed by atoms with van der Waals surface area (Å²) in [4.78, 5) is 36.5. The van der Waals surface area contributed by atoms with Gasteiger partial charge in [-0.25, -0.2) is 9.78 Å². The van der Waals surface area contributed by atoms with Gasteiger partial charge in [0, 0.05) is 30.9 Å². The topological polar surface area (TPSA) is 75.6 Å². The predicted molar refractivity (Wildman–Crippen MR) is 93.2 cm³/mol. The monoisotopic (exact) mass is 346 g/mol. The molecule has 2 aliphatic heterocycles. The first kappa shape index (κ1) is 17.6. The fourth-order valence-corrected chi connectivity index (χ4v) is 3.40. The van der Waals surface area contributed by atoms with Gasteiger partial charge in [0.25, 0.3) is 0 Å². The molecular formula is C18H26N4O3. The van der Waals surface area contributed by atoms with Gasteiger partial charge in [-0.15, -0.1) is 0 Å². The van der Waals surface area contributed by atoms with Crippen molar-refractivity contribution >= 4 is 17.8 Å². The van der Waals surface area contributed by atoms with E-state index in [2.05, 4.69) is 9.97 Å². The molecule has 136 valence electrons. The number of carbonyl (C=O) groups is 2. The van der Waals surface area contributed by atoms with E-state index >= 15 is 0 Å². The lowest BCUT2D eigenvalue weighted by Crippen LogP contribution is -2.44. The van der Waals surface area contributed by atoms with Gasteiger partial charge in [0.15, 0.2) is 5.82 Å². The van der Waals surface area contributed by atoms with E-state index in [9.17, 15) is 9.59 Å². The maximum atomic E-state index is 12.4. The largest absolute Gasteiger partial charge is 0.447 e. The van der Waals surface area contributed by atoms with Gasteiger partial charge in [-0.1, -0.05) is 20.8 Å². The molecule has 1 aromatic rings. The number of amides is 2. The molecule has 1 aromatic heterocycles. The zero-order valence-corrected chi connectivity index (χ0v) is 15.2. The molecule has 7 heteroatoms. The molecule has 0 saturated carbocycles. The molecule has 2 aliphatic rings. The molecule has 25 heavy (non-hydrogen) atoms. The van der Waals surface area contributed by atoms with Gasteiger partial charge in [-0.2, -0.15) is 0 Å². The number of aromatic nitrogens is 2. The Morgan fingerprint density at radius 3 is 2.48 bits per heavy atom. The van der Waals surface area contributed by atoms with Crippen LogP contribution in [-0.4, -0.2) is 53.1 Å². The third-order valence-corrected chi connectivity index (χ3v) is 4.79. The van der Waals surface area contributed by atoms with E-state index in [0.29, 0.717) is 24.9 Å². The molecule has 2 fully saturated rings. The summed E-state index contributed by atoms with van der Waals surface area (Å²) in [7, 11) is 0. The van der Waals surface area contributed by atoms with Crippen LogP contribution in [0.4, 0.5) is 10.6 Å². The average molecular weight is 346 g/mol. The summed E-state index contributed by atoms with van der Waals surface area (Å²) in [6, 6.07) is 0. The Morgan fingerprint density at radius 1 is 1.20 bits per heavy atom. The summed E-state index contributed by atoms with van der Waals surface area (Å²) in [5.41, 5.74) is 0.503. The lowest BCUT2D eigenvalue weighted by molar-refractivity contribution is -0.140. The van der Waals surface area contributed by atoms with Crippen molar-refractivity contribution < 1.29 is 14.3 Å². The number of cyclic esters (lactones) is 1. The van der Waals surface area contributed by atoms with Gasteiger partial charge >= 0.3 is 6.09 Å². The summed E-state index contributed by atoms with van der Waals surface area (Å²) in [6.07, 6.45) is 5.58. The number of carbonyl (C=O) groups excluding carboxylic acids is 2. The Hall–Kier alpha value is -2.18. The zero-order valence-electron chi connectivity index (χ0n) is 15.2. The smallest absolute Gasteiger partial charge is 0.415 e. The Morgan fingerprint density at radius 2 is 1.88 bits per heavy atom. The second-order valence-electron chi connectivity index (χ2n) is 7.78. The summed E-state index contributed by atoms with van der Waals surface area (Å²) < 4.78 is 5.01. The highest BCUT2D eigenvalue weighted by molar-refractivity contribution is 5.88. The number of hydrogen-bond donors (Lipinski definition) is 0. The molecule has 0 unspecified atom stereocenters. The van der Waals surface area contributed by atoms with Crippen LogP contribution >= 0.6 is 0 Å². The van der Waals surface area contributed by atoms with Gasteiger partial charge in [-0.05, 0) is 25.2 Å². The maximum absolute atomic E-state index is 12.4. The van der Waals surface area contributed by atoms with Gasteiger partial charge in [0.2, 0.25) is 5.91 Å². The van der Waals surface area contributed by atoms with E-state index in [1.54, 1.807) is 17.3 Å². The van der Waals surface area contributed by atoms with Gasteiger partial charge in [0.1, 0.15) is 6.61 Å². The molecule has 2 saturated heterocycles. The number of ether oxygens (including phenoxy) is 1. The molecular weight excluding hydrogens is 320 g/mol. The molecule has 0 aliphatic carbocycles. The predicted octanol–water partition coefficient (Wildman–Crippen LogP) is 2.26. The number of anilines is 1. The first-order chi connectivity index (χ1) is 11.9. The standard InChI is InChI=1S/C18H26N4O3/c1-18(2,3)16(23)21-8-4-13(5-9-21)12-14-15(20-7-6-19-14)22-10-11-25-17(22)24/h6-7,13H,4-5,8-12H2,1-3H3. The molecule has 3 rings (SSSR count). The van der Waals surface area contributed by atoms with Crippen LogP contribution in [-0.2, 0) is 16.0 Å². The molecule has 3 heterocycles. The molecule has 7 nitrogen and oxygen atoms in total. The van der Waals surface area contributed by atoms with Crippen molar-refractivity contribution in [3.8, 4) is 0 Å². The van der Waals surface area contributed by atoms with Gasteiger partial charge in [-0.3, -0.25) is 14.7 Å². The van der Waals surface area contributed by atoms with E-state index in [1.807, 2.05) is 25.7 Å². The Kier molecular flexibility index (Phi) is 4.92. The summed E-state index contributed by atoms with van der Waals surface area (Å²) in [5.74, 6) is 1.27. The fourth-order valence-electron chi connectivity index (χ4n) is 3.40. The van der Waals surface area contributed by atoms with E-state index in [1.165, 1.54) is 0 Å². The Balaban J connectivity index is 1.63. The molecule has 0 N–H and O–H groups in total. The first-order valence-corrected chi connectivity index (χ1v) is 8.90. The van der Waals surface area contributed by atoms with Crippen LogP contribution in [0, 0.1) is 11.3 Å². The van der Waals surface area contributed by atoms with Crippen molar-refractivity contribution in [1.29, 1.82) is 0 Å². The summed E-state index contributed by atoms with van der Waals surface area (Å²) >= 11 is 0. The minimum absolute atomic E-state index is 0.214. The van der Waals surface area contributed by atoms with Crippen molar-refractivity contribution in [3.05, 3.63) is 18.1 Å². The Labute approximate surface area is 148 Å². The second-order valence-corrected chi connectivity index (χ2v) is 7.78. The minimum atomic E-state index is -0.354. The van der Waals surface area contributed by atoms with E-state index in [-0.39, 0.29) is 17.4 Å². The van der Waals surface area contributed by atoms with Crippen molar-refractivity contribution in [2.24, 2.45) is 11.3 Å². The molecule has 2 amide bonds. The van der Waals surface area contributed by atoms with Gasteiger partial charge in [0.05, 0.1) is 12.2 Å². The van der Waals surface area contributed by atoms with Crippen LogP contribution in [0.3, 0.4) is 0 Å². The molecule has 0 spiro atoms. The highest BCUT2D eigenvalue weighted by atomic mass is 16.6. The van der Waals surface area contributed by atoms with Crippen molar-refractivity contribution in [2.75, 3.05) is 31.1 Å². The number of hydrogen-bond acceptors (Lipinski definition) is 5. The third-order valence-electron chi connectivity index (χ3n) is 4.79. The lowest BCUT2D eigenvalue weighted by Gasteiger charge is -2.35. The first-order valence-electron chi connectivity index (χ1n) is 8.90. The fraction of sp³-hybridized carbons (Fsp3) is 0.667. The highest BCUT2D eigenvalue weighted by Gasteiger charge is 2.32. The third kappa shape index (κ3) is 3.91. The maximum Gasteiger partial charge on any atom is 0.415 e. The average Bonchev–Trinajstić information content (AvgIpc) is 3.00. The summed E-state index contributed by atoms with van der Waals surface area (Å²) in [6.45, 7) is 8.35. The number of rotatable bonds is 3. The van der Waals surface area contributed by atoms with Crippen LogP contribution < -0.4 is 4.90 Å². The van der Waals surface area contributed by atoms with Gasteiger partial charge < -0.3 is 9.64 Å². The number of nitrogens with zero attached hydrogens (tertiary/aromatic N) is 4. The molecule has 0 bridgehead atoms.